The van der Waals surface area contributed by atoms with Crippen LogP contribution < -0.4 is 5.73 Å². The molecule has 0 aliphatic carbocycles. The standard InChI is InChI=1S/C13H18ClFN2O2S/c1-9-4-5-17(11(6-9)8-16)20(18,19)13-7-10(15)2-3-12(13)14/h2-3,7,9,11H,4-6,8,16H2,1H3. The van der Waals surface area contributed by atoms with E-state index in [1.54, 1.807) is 0 Å². The maximum Gasteiger partial charge on any atom is 0.244 e. The van der Waals surface area contributed by atoms with E-state index in [0.717, 1.165) is 18.6 Å². The van der Waals surface area contributed by atoms with Gasteiger partial charge in [-0.3, -0.25) is 0 Å². The maximum absolute atomic E-state index is 13.3. The molecule has 20 heavy (non-hydrogen) atoms. The molecule has 2 N–H and O–H groups in total. The summed E-state index contributed by atoms with van der Waals surface area (Å²) < 4.78 is 40.0. The van der Waals surface area contributed by atoms with Gasteiger partial charge in [0.1, 0.15) is 10.7 Å². The summed E-state index contributed by atoms with van der Waals surface area (Å²) in [6.07, 6.45) is 1.48. The van der Waals surface area contributed by atoms with E-state index in [4.69, 9.17) is 17.3 Å². The normalized spacial score (nSPS) is 24.8. The second-order valence-corrected chi connectivity index (χ2v) is 7.48. The van der Waals surface area contributed by atoms with Crippen LogP contribution in [-0.2, 0) is 10.0 Å². The highest BCUT2D eigenvalue weighted by atomic mass is 35.5. The number of hydrogen-bond donors (Lipinski definition) is 1. The molecule has 1 fully saturated rings. The highest BCUT2D eigenvalue weighted by Crippen LogP contribution is 2.31. The summed E-state index contributed by atoms with van der Waals surface area (Å²) in [5.74, 6) is -0.194. The lowest BCUT2D eigenvalue weighted by Gasteiger charge is -2.37. The zero-order valence-electron chi connectivity index (χ0n) is 11.2. The van der Waals surface area contributed by atoms with Crippen molar-refractivity contribution in [2.45, 2.75) is 30.7 Å². The molecule has 2 unspecified atom stereocenters. The van der Waals surface area contributed by atoms with Crippen molar-refractivity contribution in [3.05, 3.63) is 29.0 Å². The zero-order valence-corrected chi connectivity index (χ0v) is 12.8. The molecule has 0 amide bonds. The van der Waals surface area contributed by atoms with Crippen LogP contribution in [-0.4, -0.2) is 31.9 Å². The largest absolute Gasteiger partial charge is 0.329 e. The third kappa shape index (κ3) is 2.98. The summed E-state index contributed by atoms with van der Waals surface area (Å²) in [4.78, 5) is -0.188. The monoisotopic (exact) mass is 320 g/mol. The minimum atomic E-state index is -3.82. The Labute approximate surface area is 123 Å². The molecule has 1 aliphatic heterocycles. The third-order valence-electron chi connectivity index (χ3n) is 3.68. The quantitative estimate of drug-likeness (QED) is 0.929. The Morgan fingerprint density at radius 2 is 2.20 bits per heavy atom. The third-order valence-corrected chi connectivity index (χ3v) is 6.11. The van der Waals surface area contributed by atoms with Crippen molar-refractivity contribution in [3.8, 4) is 0 Å². The number of hydrogen-bond acceptors (Lipinski definition) is 3. The number of piperidine rings is 1. The van der Waals surface area contributed by atoms with Crippen molar-refractivity contribution in [1.82, 2.24) is 4.31 Å². The van der Waals surface area contributed by atoms with Gasteiger partial charge >= 0.3 is 0 Å². The van der Waals surface area contributed by atoms with Crippen LogP contribution in [0.25, 0.3) is 0 Å². The van der Waals surface area contributed by atoms with E-state index in [2.05, 4.69) is 6.92 Å². The molecule has 0 radical (unpaired) electrons. The van der Waals surface area contributed by atoms with Crippen molar-refractivity contribution >= 4 is 21.6 Å². The molecule has 4 nitrogen and oxygen atoms in total. The van der Waals surface area contributed by atoms with E-state index >= 15 is 0 Å². The lowest BCUT2D eigenvalue weighted by atomic mass is 9.94. The van der Waals surface area contributed by atoms with E-state index in [1.807, 2.05) is 0 Å². The van der Waals surface area contributed by atoms with Gasteiger partial charge in [0.2, 0.25) is 10.0 Å². The first-order valence-electron chi connectivity index (χ1n) is 6.53. The smallest absolute Gasteiger partial charge is 0.244 e. The minimum absolute atomic E-state index is 0.0285. The number of halogens is 2. The Balaban J connectivity index is 2.41. The van der Waals surface area contributed by atoms with E-state index in [9.17, 15) is 12.8 Å². The fourth-order valence-corrected chi connectivity index (χ4v) is 4.71. The van der Waals surface area contributed by atoms with Gasteiger partial charge in [-0.2, -0.15) is 4.31 Å². The molecular formula is C13H18ClFN2O2S. The number of nitrogens with zero attached hydrogens (tertiary/aromatic N) is 1. The van der Waals surface area contributed by atoms with Crippen LogP contribution in [0.2, 0.25) is 5.02 Å². The van der Waals surface area contributed by atoms with Crippen LogP contribution in [0.15, 0.2) is 23.1 Å². The van der Waals surface area contributed by atoms with Crippen molar-refractivity contribution in [2.75, 3.05) is 13.1 Å². The predicted molar refractivity (Wildman–Crippen MR) is 76.5 cm³/mol. The topological polar surface area (TPSA) is 63.4 Å². The van der Waals surface area contributed by atoms with Crippen molar-refractivity contribution in [3.63, 3.8) is 0 Å². The summed E-state index contributed by atoms with van der Waals surface area (Å²) in [6, 6.07) is 3.10. The molecule has 2 rings (SSSR count). The highest BCUT2D eigenvalue weighted by molar-refractivity contribution is 7.89. The molecule has 0 spiro atoms. The molecule has 0 aromatic heterocycles. The molecule has 0 saturated carbocycles. The fraction of sp³-hybridized carbons (Fsp3) is 0.538. The van der Waals surface area contributed by atoms with Crippen LogP contribution in [0.5, 0.6) is 0 Å². The Kier molecular flexibility index (Phi) is 4.69. The fourth-order valence-electron chi connectivity index (χ4n) is 2.56. The van der Waals surface area contributed by atoms with Crippen LogP contribution in [0.3, 0.4) is 0 Å². The Bertz CT molecular complexity index is 594. The van der Waals surface area contributed by atoms with E-state index in [1.165, 1.54) is 10.4 Å². The second-order valence-electron chi connectivity index (χ2n) is 5.21. The predicted octanol–water partition coefficient (Wildman–Crippen LogP) is 2.23. The molecule has 1 aromatic carbocycles. The van der Waals surface area contributed by atoms with Gasteiger partial charge in [-0.1, -0.05) is 18.5 Å². The van der Waals surface area contributed by atoms with Gasteiger partial charge < -0.3 is 5.73 Å². The number of benzene rings is 1. The molecule has 112 valence electrons. The Hall–Kier alpha value is -0.690. The molecule has 1 heterocycles. The number of rotatable bonds is 3. The first-order chi connectivity index (χ1) is 9.36. The summed E-state index contributed by atoms with van der Waals surface area (Å²) >= 11 is 5.92. The SMILES string of the molecule is CC1CCN(S(=O)(=O)c2cc(F)ccc2Cl)C(CN)C1. The van der Waals surface area contributed by atoms with Crippen LogP contribution in [0.1, 0.15) is 19.8 Å². The van der Waals surface area contributed by atoms with Crippen LogP contribution >= 0.6 is 11.6 Å². The molecule has 1 aliphatic rings. The van der Waals surface area contributed by atoms with Crippen LogP contribution in [0.4, 0.5) is 4.39 Å². The Morgan fingerprint density at radius 1 is 1.50 bits per heavy atom. The average Bonchev–Trinajstić information content (AvgIpc) is 2.40. The van der Waals surface area contributed by atoms with E-state index in [0.29, 0.717) is 18.9 Å². The summed E-state index contributed by atoms with van der Waals surface area (Å²) in [7, 11) is -3.82. The van der Waals surface area contributed by atoms with Gasteiger partial charge in [-0.25, -0.2) is 12.8 Å². The first kappa shape index (κ1) is 15.7. The molecule has 1 aromatic rings. The molecule has 0 bridgehead atoms. The van der Waals surface area contributed by atoms with Gasteiger partial charge in [0.15, 0.2) is 0 Å². The second kappa shape index (κ2) is 5.97. The summed E-state index contributed by atoms with van der Waals surface area (Å²) in [5.41, 5.74) is 5.69. The van der Waals surface area contributed by atoms with E-state index < -0.39 is 15.8 Å². The molecular weight excluding hydrogens is 303 g/mol. The van der Waals surface area contributed by atoms with Crippen LogP contribution in [0, 0.1) is 11.7 Å². The highest BCUT2D eigenvalue weighted by Gasteiger charge is 2.36. The van der Waals surface area contributed by atoms with Gasteiger partial charge in [0, 0.05) is 19.1 Å². The van der Waals surface area contributed by atoms with E-state index in [-0.39, 0.29) is 22.5 Å². The van der Waals surface area contributed by atoms with Crippen molar-refractivity contribution in [2.24, 2.45) is 11.7 Å². The van der Waals surface area contributed by atoms with Crippen molar-refractivity contribution < 1.29 is 12.8 Å². The summed E-state index contributed by atoms with van der Waals surface area (Å²) in [5, 5.41) is 0.0285. The zero-order chi connectivity index (χ0) is 14.9. The molecule has 1 saturated heterocycles. The molecule has 2 atom stereocenters. The lowest BCUT2D eigenvalue weighted by molar-refractivity contribution is 0.211. The van der Waals surface area contributed by atoms with Gasteiger partial charge in [-0.05, 0) is 37.0 Å². The van der Waals surface area contributed by atoms with Gasteiger partial charge in [0.25, 0.3) is 0 Å². The lowest BCUT2D eigenvalue weighted by Crippen LogP contribution is -2.49. The Morgan fingerprint density at radius 3 is 2.85 bits per heavy atom. The van der Waals surface area contributed by atoms with Gasteiger partial charge in [-0.15, -0.1) is 0 Å². The number of sulfonamides is 1. The average molecular weight is 321 g/mol. The minimum Gasteiger partial charge on any atom is -0.329 e. The number of nitrogens with two attached hydrogens (primary N) is 1. The first-order valence-corrected chi connectivity index (χ1v) is 8.35. The van der Waals surface area contributed by atoms with Gasteiger partial charge in [0.05, 0.1) is 5.02 Å². The maximum atomic E-state index is 13.3. The summed E-state index contributed by atoms with van der Waals surface area (Å²) in [6.45, 7) is 2.70. The van der Waals surface area contributed by atoms with Crippen molar-refractivity contribution in [1.29, 1.82) is 0 Å². The molecule has 7 heteroatoms.